The number of carbonyl (C=O) groups is 1. The summed E-state index contributed by atoms with van der Waals surface area (Å²) >= 11 is 0. The molecule has 1 aromatic carbocycles. The summed E-state index contributed by atoms with van der Waals surface area (Å²) in [6, 6.07) is 1.59. The summed E-state index contributed by atoms with van der Waals surface area (Å²) < 4.78 is 56.6. The number of aliphatic hydroxyl groups excluding tert-OH is 1. The highest BCUT2D eigenvalue weighted by atomic mass is 19.4. The minimum Gasteiger partial charge on any atom is -0.468 e. The van der Waals surface area contributed by atoms with E-state index in [1.807, 2.05) is 0 Å². The number of β-amino-alcohol motifs (C(OH)–C–C–N with tert-alkyl or cyclic N) is 1. The molecule has 1 aliphatic heterocycles. The third kappa shape index (κ3) is 3.56. The number of carbonyl (C=O) groups excluding carboxylic acids is 1. The predicted octanol–water partition coefficient (Wildman–Crippen LogP) is 1.95. The molecule has 4 nitrogen and oxygen atoms in total. The van der Waals surface area contributed by atoms with E-state index in [-0.39, 0.29) is 25.1 Å². The number of benzene rings is 1. The van der Waals surface area contributed by atoms with Crippen molar-refractivity contribution >= 4 is 5.97 Å². The van der Waals surface area contributed by atoms with E-state index >= 15 is 0 Å². The number of hydrogen-bond donors (Lipinski definition) is 1. The summed E-state index contributed by atoms with van der Waals surface area (Å²) in [5.74, 6) is -1.60. The molecular formula is C14H15F4NO3. The standard InChI is InChI=1S/C14H15F4NO3/c1-22-13(21)12-5-10(20)7-19(12)6-8-2-3-9(15)4-11(8)14(16,17)18/h2-4,10,12,20H,5-7H2,1H3/t10-,12-/m0/s1. The zero-order chi connectivity index (χ0) is 16.5. The molecule has 0 unspecified atom stereocenters. The van der Waals surface area contributed by atoms with E-state index in [0.29, 0.717) is 6.07 Å². The second-order valence-corrected chi connectivity index (χ2v) is 5.16. The second kappa shape index (κ2) is 6.21. The van der Waals surface area contributed by atoms with E-state index in [0.717, 1.165) is 12.1 Å². The number of halogens is 4. The van der Waals surface area contributed by atoms with Crippen LogP contribution >= 0.6 is 0 Å². The molecule has 1 heterocycles. The van der Waals surface area contributed by atoms with Crippen molar-refractivity contribution in [2.75, 3.05) is 13.7 Å². The SMILES string of the molecule is COC(=O)[C@@H]1C[C@H](O)CN1Cc1ccc(F)cc1C(F)(F)F. The smallest absolute Gasteiger partial charge is 0.416 e. The molecule has 22 heavy (non-hydrogen) atoms. The number of alkyl halides is 3. The first-order valence-electron chi connectivity index (χ1n) is 6.58. The van der Waals surface area contributed by atoms with Crippen molar-refractivity contribution in [1.82, 2.24) is 4.90 Å². The van der Waals surface area contributed by atoms with Crippen molar-refractivity contribution in [2.45, 2.75) is 31.3 Å². The lowest BCUT2D eigenvalue weighted by atomic mass is 10.1. The lowest BCUT2D eigenvalue weighted by Gasteiger charge is -2.23. The van der Waals surface area contributed by atoms with Crippen LogP contribution in [0.25, 0.3) is 0 Å². The third-order valence-corrected chi connectivity index (χ3v) is 3.61. The van der Waals surface area contributed by atoms with Crippen LogP contribution in [0.1, 0.15) is 17.5 Å². The zero-order valence-electron chi connectivity index (χ0n) is 11.7. The van der Waals surface area contributed by atoms with Gasteiger partial charge in [-0.2, -0.15) is 13.2 Å². The molecule has 1 aromatic rings. The maximum absolute atomic E-state index is 13.1. The van der Waals surface area contributed by atoms with Gasteiger partial charge in [0.2, 0.25) is 0 Å². The molecule has 0 bridgehead atoms. The topological polar surface area (TPSA) is 49.8 Å². The van der Waals surface area contributed by atoms with Crippen LogP contribution in [0.15, 0.2) is 18.2 Å². The Hall–Kier alpha value is -1.67. The normalized spacial score (nSPS) is 22.8. The molecule has 1 saturated heterocycles. The van der Waals surface area contributed by atoms with Gasteiger partial charge in [0.1, 0.15) is 11.9 Å². The molecule has 1 aliphatic rings. The first kappa shape index (κ1) is 16.7. The Bertz CT molecular complexity index is 562. The second-order valence-electron chi connectivity index (χ2n) is 5.16. The number of rotatable bonds is 3. The van der Waals surface area contributed by atoms with Gasteiger partial charge in [0.25, 0.3) is 0 Å². The van der Waals surface area contributed by atoms with Gasteiger partial charge in [0, 0.05) is 19.5 Å². The molecule has 122 valence electrons. The highest BCUT2D eigenvalue weighted by Gasteiger charge is 2.39. The molecule has 0 aliphatic carbocycles. The summed E-state index contributed by atoms with van der Waals surface area (Å²) in [4.78, 5) is 13.0. The first-order chi connectivity index (χ1) is 10.2. The molecule has 0 saturated carbocycles. The summed E-state index contributed by atoms with van der Waals surface area (Å²) in [5, 5.41) is 9.63. The quantitative estimate of drug-likeness (QED) is 0.683. The highest BCUT2D eigenvalue weighted by molar-refractivity contribution is 5.76. The molecule has 0 radical (unpaired) electrons. The molecule has 0 spiro atoms. The minimum absolute atomic E-state index is 0.0500. The summed E-state index contributed by atoms with van der Waals surface area (Å²) in [5.41, 5.74) is -1.24. The van der Waals surface area contributed by atoms with Gasteiger partial charge in [-0.25, -0.2) is 4.39 Å². The molecule has 0 amide bonds. The fraction of sp³-hybridized carbons (Fsp3) is 0.500. The molecule has 0 aromatic heterocycles. The van der Waals surface area contributed by atoms with Crippen molar-refractivity contribution in [3.05, 3.63) is 35.1 Å². The van der Waals surface area contributed by atoms with Gasteiger partial charge in [-0.15, -0.1) is 0 Å². The van der Waals surface area contributed by atoms with Crippen LogP contribution in [-0.2, 0) is 22.3 Å². The van der Waals surface area contributed by atoms with Crippen LogP contribution in [0.5, 0.6) is 0 Å². The average Bonchev–Trinajstić information content (AvgIpc) is 2.79. The van der Waals surface area contributed by atoms with Crippen LogP contribution < -0.4 is 0 Å². The van der Waals surface area contributed by atoms with Crippen LogP contribution in [0.4, 0.5) is 17.6 Å². The summed E-state index contributed by atoms with van der Waals surface area (Å²) in [6.45, 7) is -0.180. The van der Waals surface area contributed by atoms with E-state index in [2.05, 4.69) is 4.74 Å². The van der Waals surface area contributed by atoms with E-state index in [1.54, 1.807) is 0 Å². The molecule has 1 fully saturated rings. The molecular weight excluding hydrogens is 306 g/mol. The van der Waals surface area contributed by atoms with Gasteiger partial charge in [0.15, 0.2) is 0 Å². The number of methoxy groups -OCH3 is 1. The van der Waals surface area contributed by atoms with Gasteiger partial charge in [-0.05, 0) is 17.7 Å². The maximum Gasteiger partial charge on any atom is 0.416 e. The fourth-order valence-electron chi connectivity index (χ4n) is 2.60. The van der Waals surface area contributed by atoms with E-state index in [1.165, 1.54) is 12.0 Å². The Labute approximate surface area is 124 Å². The fourth-order valence-corrected chi connectivity index (χ4v) is 2.60. The van der Waals surface area contributed by atoms with Crippen molar-refractivity contribution in [3.63, 3.8) is 0 Å². The Morgan fingerprint density at radius 3 is 2.73 bits per heavy atom. The van der Waals surface area contributed by atoms with E-state index in [4.69, 9.17) is 0 Å². The number of aliphatic hydroxyl groups is 1. The Balaban J connectivity index is 2.28. The third-order valence-electron chi connectivity index (χ3n) is 3.61. The highest BCUT2D eigenvalue weighted by Crippen LogP contribution is 2.34. The number of nitrogens with zero attached hydrogens (tertiary/aromatic N) is 1. The van der Waals surface area contributed by atoms with Crippen molar-refractivity contribution in [3.8, 4) is 0 Å². The average molecular weight is 321 g/mol. The number of ether oxygens (including phenoxy) is 1. The lowest BCUT2D eigenvalue weighted by Crippen LogP contribution is -2.36. The number of hydrogen-bond acceptors (Lipinski definition) is 4. The predicted molar refractivity (Wildman–Crippen MR) is 68.2 cm³/mol. The summed E-state index contributed by atoms with van der Waals surface area (Å²) in [6.07, 6.45) is -5.43. The monoisotopic (exact) mass is 321 g/mol. The lowest BCUT2D eigenvalue weighted by molar-refractivity contribution is -0.146. The van der Waals surface area contributed by atoms with Gasteiger partial charge in [0.05, 0.1) is 18.8 Å². The molecule has 2 rings (SSSR count). The van der Waals surface area contributed by atoms with E-state index in [9.17, 15) is 27.5 Å². The van der Waals surface area contributed by atoms with Crippen molar-refractivity contribution in [1.29, 1.82) is 0 Å². The van der Waals surface area contributed by atoms with Gasteiger partial charge in [-0.1, -0.05) is 6.07 Å². The zero-order valence-corrected chi connectivity index (χ0v) is 11.7. The van der Waals surface area contributed by atoms with Gasteiger partial charge >= 0.3 is 12.1 Å². The van der Waals surface area contributed by atoms with E-state index < -0.39 is 35.7 Å². The van der Waals surface area contributed by atoms with Gasteiger partial charge in [-0.3, -0.25) is 9.69 Å². The van der Waals surface area contributed by atoms with Crippen molar-refractivity contribution in [2.24, 2.45) is 0 Å². The van der Waals surface area contributed by atoms with Crippen LogP contribution in [0.3, 0.4) is 0 Å². The van der Waals surface area contributed by atoms with Crippen molar-refractivity contribution < 1.29 is 32.2 Å². The van der Waals surface area contributed by atoms with Crippen LogP contribution in [-0.4, -0.2) is 41.8 Å². The van der Waals surface area contributed by atoms with Crippen LogP contribution in [0.2, 0.25) is 0 Å². The minimum atomic E-state index is -4.70. The molecule has 2 atom stereocenters. The summed E-state index contributed by atoms with van der Waals surface area (Å²) in [7, 11) is 1.17. The molecule has 1 N–H and O–H groups in total. The largest absolute Gasteiger partial charge is 0.468 e. The number of esters is 1. The number of likely N-dealkylation sites (tertiary alicyclic amines) is 1. The Kier molecular flexibility index (Phi) is 4.72. The molecule has 8 heteroatoms. The van der Waals surface area contributed by atoms with Crippen LogP contribution in [0, 0.1) is 5.82 Å². The maximum atomic E-state index is 13.1. The Morgan fingerprint density at radius 1 is 1.45 bits per heavy atom. The van der Waals surface area contributed by atoms with Gasteiger partial charge < -0.3 is 9.84 Å². The Morgan fingerprint density at radius 2 is 2.14 bits per heavy atom. The first-order valence-corrected chi connectivity index (χ1v) is 6.58.